The molecule has 0 aliphatic heterocycles. The summed E-state index contributed by atoms with van der Waals surface area (Å²) in [6, 6.07) is 25.6. The van der Waals surface area contributed by atoms with Crippen LogP contribution in [-0.4, -0.2) is 67.9 Å². The zero-order chi connectivity index (χ0) is 38.2. The Morgan fingerprint density at radius 3 is 1.18 bits per heavy atom. The second kappa shape index (κ2) is 24.3. The van der Waals surface area contributed by atoms with Crippen LogP contribution in [-0.2, 0) is 60.9 Å². The Morgan fingerprint density at radius 2 is 0.927 bits per heavy atom. The van der Waals surface area contributed by atoms with Crippen molar-refractivity contribution in [3.63, 3.8) is 0 Å². The van der Waals surface area contributed by atoms with Crippen molar-refractivity contribution in [2.75, 3.05) is 0 Å². The van der Waals surface area contributed by atoms with E-state index in [4.69, 9.17) is 9.66 Å². The maximum Gasteiger partial charge on any atom is 1.00 e. The fourth-order valence-corrected chi connectivity index (χ4v) is 8.68. The predicted octanol–water partition coefficient (Wildman–Crippen LogP) is -6.81. The molecule has 0 unspecified atom stereocenters. The van der Waals surface area contributed by atoms with Crippen LogP contribution < -0.4 is 105 Å². The fourth-order valence-electron chi connectivity index (χ4n) is 3.98. The van der Waals surface area contributed by atoms with Gasteiger partial charge in [0.05, 0.1) is 19.6 Å². The molecule has 0 saturated heterocycles. The molecule has 24 heteroatoms. The van der Waals surface area contributed by atoms with Gasteiger partial charge in [0.25, 0.3) is 10.1 Å². The minimum absolute atomic E-state index is 0. The van der Waals surface area contributed by atoms with Crippen LogP contribution in [0.5, 0.6) is 0 Å². The number of pyridine rings is 1. The smallest absolute Gasteiger partial charge is 0.744 e. The fraction of sp³-hybridized carbons (Fsp3) is 0.0323. The summed E-state index contributed by atoms with van der Waals surface area (Å²) < 4.78 is 133. The van der Waals surface area contributed by atoms with Crippen molar-refractivity contribution in [1.29, 1.82) is 0 Å². The normalized spacial score (nSPS) is 10.9. The van der Waals surface area contributed by atoms with Crippen molar-refractivity contribution in [1.82, 2.24) is 4.98 Å². The van der Waals surface area contributed by atoms with E-state index in [0.717, 1.165) is 42.0 Å². The van der Waals surface area contributed by atoms with Crippen molar-refractivity contribution in [3.05, 3.63) is 133 Å². The van der Waals surface area contributed by atoms with E-state index in [0.29, 0.717) is 0 Å². The standard InChI is InChI=1S/C18H15O9PS3.C7H8O3S.C6H5NO2.3Na.Pd/c19-29(20,21)16-7-1-4-13(10-16)28(14-5-2-8-17(11-14)30(22,23)24)15-6-3-9-18(12-15)31(25,26)27;1-6-2-4-7(5-3-6)11(8,9)10;8-6(9)5-3-1-2-4-7-5;;;;/h1-12H,(H,19,20,21)(H,22,23,24)(H,25,26,27);2-5H,1H3,(H,8,9,10);1-4H,(H,8,9);;;;/q;;;3*+1;/p-3. The zero-order valence-corrected chi connectivity index (χ0v) is 40.9. The average molecular weight is 970 g/mol. The molecule has 0 aliphatic rings. The first kappa shape index (κ1) is 56.3. The molecular formula is C31H25NNa3O14PPdS4. The molecule has 5 rings (SSSR count). The Kier molecular flexibility index (Phi) is 24.9. The van der Waals surface area contributed by atoms with Crippen LogP contribution in [0.25, 0.3) is 0 Å². The van der Waals surface area contributed by atoms with Gasteiger partial charge in [-0.2, -0.15) is 8.42 Å². The number of carboxylic acid groups (broad SMARTS) is 1. The maximum atomic E-state index is 11.5. The number of rotatable bonds is 8. The molecule has 0 atom stereocenters. The predicted molar refractivity (Wildman–Crippen MR) is 181 cm³/mol. The quantitative estimate of drug-likeness (QED) is 0.0831. The zero-order valence-electron chi connectivity index (χ0n) is 29.2. The Balaban J connectivity index is 0. The van der Waals surface area contributed by atoms with Crippen LogP contribution >= 0.6 is 7.92 Å². The van der Waals surface area contributed by atoms with Gasteiger partial charge in [-0.05, 0) is 91.4 Å². The molecule has 0 amide bonds. The van der Waals surface area contributed by atoms with E-state index >= 15 is 0 Å². The van der Waals surface area contributed by atoms with Gasteiger partial charge in [-0.3, -0.25) is 4.55 Å². The topological polar surface area (TPSA) is 276 Å². The first-order valence-electron chi connectivity index (χ1n) is 13.7. The Labute approximate surface area is 400 Å². The van der Waals surface area contributed by atoms with E-state index in [-0.39, 0.29) is 136 Å². The van der Waals surface area contributed by atoms with Gasteiger partial charge in [0, 0.05) is 26.6 Å². The minimum Gasteiger partial charge on any atom is -0.744 e. The number of hydrogen-bond donors (Lipinski definition) is 2. The van der Waals surface area contributed by atoms with Crippen molar-refractivity contribution in [2.45, 2.75) is 26.5 Å². The van der Waals surface area contributed by atoms with Crippen molar-refractivity contribution in [3.8, 4) is 0 Å². The number of aryl methyl sites for hydroxylation is 1. The van der Waals surface area contributed by atoms with Gasteiger partial charge >= 0.3 is 94.6 Å². The Morgan fingerprint density at radius 1 is 0.564 bits per heavy atom. The average Bonchev–Trinajstić information content (AvgIpc) is 3.05. The summed E-state index contributed by atoms with van der Waals surface area (Å²) in [7, 11) is -20.3. The van der Waals surface area contributed by atoms with Crippen molar-refractivity contribution in [2.24, 2.45) is 0 Å². The number of carboxylic acids is 1. The van der Waals surface area contributed by atoms with Crippen LogP contribution in [0, 0.1) is 6.92 Å². The van der Waals surface area contributed by atoms with Gasteiger partial charge in [-0.25, -0.2) is 35.0 Å². The molecule has 1 aromatic heterocycles. The van der Waals surface area contributed by atoms with Gasteiger partial charge in [0.15, 0.2) is 0 Å². The Bertz CT molecular complexity index is 2300. The number of aromatic nitrogens is 1. The summed E-state index contributed by atoms with van der Waals surface area (Å²) in [5.41, 5.74) is 1.04. The molecule has 0 fully saturated rings. The Hall–Kier alpha value is -0.768. The summed E-state index contributed by atoms with van der Waals surface area (Å²) in [5, 5.41) is 9.09. The molecular weight excluding hydrogens is 945 g/mol. The molecule has 5 aromatic rings. The largest absolute Gasteiger partial charge is 1.00 e. The first-order chi connectivity index (χ1) is 23.6. The number of carbonyl (C=O) groups is 1. The number of benzene rings is 4. The summed E-state index contributed by atoms with van der Waals surface area (Å²) in [4.78, 5) is 12.0. The third-order valence-electron chi connectivity index (χ3n) is 6.30. The summed E-state index contributed by atoms with van der Waals surface area (Å²) in [5.74, 6) is -0.990. The van der Waals surface area contributed by atoms with Crippen molar-refractivity contribution < 1.29 is 171 Å². The molecule has 0 bridgehead atoms. The van der Waals surface area contributed by atoms with Crippen LogP contribution in [0.2, 0.25) is 0 Å². The van der Waals surface area contributed by atoms with Crippen LogP contribution in [0.1, 0.15) is 16.1 Å². The molecule has 0 saturated carbocycles. The summed E-state index contributed by atoms with van der Waals surface area (Å²) >= 11 is 0. The van der Waals surface area contributed by atoms with Crippen LogP contribution in [0.4, 0.5) is 0 Å². The van der Waals surface area contributed by atoms with E-state index in [1.807, 2.05) is 6.92 Å². The molecule has 1 heterocycles. The number of hydrogen-bond acceptors (Lipinski definition) is 13. The van der Waals surface area contributed by atoms with E-state index in [1.165, 1.54) is 60.8 Å². The van der Waals surface area contributed by atoms with E-state index in [2.05, 4.69) is 4.98 Å². The molecule has 15 nitrogen and oxygen atoms in total. The van der Waals surface area contributed by atoms with E-state index in [9.17, 15) is 52.1 Å². The van der Waals surface area contributed by atoms with Gasteiger partial charge in [0.2, 0.25) is 0 Å². The molecule has 4 aromatic carbocycles. The van der Waals surface area contributed by atoms with Gasteiger partial charge in [0.1, 0.15) is 36.0 Å². The second-order valence-electron chi connectivity index (χ2n) is 10.00. The third-order valence-corrected chi connectivity index (χ3v) is 12.0. The van der Waals surface area contributed by atoms with E-state index in [1.54, 1.807) is 24.3 Å². The molecule has 55 heavy (non-hydrogen) atoms. The number of aromatic carboxylic acids is 1. The molecule has 0 aliphatic carbocycles. The van der Waals surface area contributed by atoms with Gasteiger partial charge < -0.3 is 18.8 Å². The summed E-state index contributed by atoms with van der Waals surface area (Å²) in [6.45, 7) is 1.84. The molecule has 0 spiro atoms. The minimum atomic E-state index is -4.82. The third kappa shape index (κ3) is 18.4. The monoisotopic (exact) mass is 969 g/mol. The van der Waals surface area contributed by atoms with E-state index < -0.39 is 69.0 Å². The van der Waals surface area contributed by atoms with Gasteiger partial charge in [-0.15, -0.1) is 0 Å². The van der Waals surface area contributed by atoms with Crippen LogP contribution in [0.3, 0.4) is 0 Å². The second-order valence-corrected chi connectivity index (χ2v) is 17.8. The van der Waals surface area contributed by atoms with Gasteiger partial charge in [-0.1, -0.05) is 60.2 Å². The SMILES string of the molecule is Cc1ccc(S(=O)(=O)O)cc1.O=C(O)c1ccccn1.O=S(=O)([O-])c1cccc(P(c2cccc(S(=O)(=O)[O-])c2)c2cccc(S(=O)(=O)[O-])c2)c1.[Na+].[Na+].[Na+].[Pd]. The van der Waals surface area contributed by atoms with Crippen molar-refractivity contribution >= 4 is 70.3 Å². The summed E-state index contributed by atoms with van der Waals surface area (Å²) in [6.07, 6.45) is 1.45. The number of nitrogens with zero attached hydrogens (tertiary/aromatic N) is 1. The van der Waals surface area contributed by atoms with Crippen LogP contribution in [0.15, 0.2) is 141 Å². The molecule has 280 valence electrons. The molecule has 2 N–H and O–H groups in total. The maximum absolute atomic E-state index is 11.5. The first-order valence-corrected chi connectivity index (χ1v) is 20.7. The molecule has 0 radical (unpaired) electrons.